The zero-order valence-electron chi connectivity index (χ0n) is 32.8. The van der Waals surface area contributed by atoms with E-state index in [4.69, 9.17) is 10.5 Å². The standard InChI is InChI=1S/C45H61N3O6S2/c1-3-26-8-5-6-10-38(50)43-28(12-11-26)18-34-27(4-2)16-29-19-39(51)41(22-35(29)36(34)21-40(43)52)54-42-20-30(17-32-9-7-14-47-32)33-13-15-48-45(46)37(33)25-56-55-24-31(23-49)44(42)53/h7,9,13-14,18-19,22,26-28,30-31,36,38,40,42-44,47-53H,3-6,8,10,15-17,20-21,23-25,46H2,1-2H3. The van der Waals surface area contributed by atoms with Gasteiger partial charge in [0.1, 0.15) is 11.9 Å². The molecule has 7 rings (SSSR count). The largest absolute Gasteiger partial charge is 0.504 e. The van der Waals surface area contributed by atoms with E-state index in [0.29, 0.717) is 55.5 Å². The van der Waals surface area contributed by atoms with E-state index in [0.717, 1.165) is 66.5 Å². The van der Waals surface area contributed by atoms with Crippen LogP contribution in [0, 0.1) is 47.3 Å². The highest BCUT2D eigenvalue weighted by molar-refractivity contribution is 8.76. The Morgan fingerprint density at radius 3 is 2.61 bits per heavy atom. The molecule has 1 saturated heterocycles. The van der Waals surface area contributed by atoms with Crippen molar-refractivity contribution >= 4 is 21.6 Å². The summed E-state index contributed by atoms with van der Waals surface area (Å²) in [5, 5.41) is 61.2. The van der Waals surface area contributed by atoms with Gasteiger partial charge >= 0.3 is 0 Å². The Bertz CT molecular complexity index is 1820. The molecule has 11 atom stereocenters. The predicted molar refractivity (Wildman–Crippen MR) is 226 cm³/mol. The van der Waals surface area contributed by atoms with Crippen molar-refractivity contribution < 1.29 is 30.3 Å². The average Bonchev–Trinajstić information content (AvgIpc) is 3.65. The number of phenolic OH excluding ortho intramolecular Hbond substituents is 1. The van der Waals surface area contributed by atoms with Gasteiger partial charge in [0.05, 0.1) is 18.3 Å². The molecule has 11 unspecified atom stereocenters. The van der Waals surface area contributed by atoms with Gasteiger partial charge in [0.25, 0.3) is 0 Å². The summed E-state index contributed by atoms with van der Waals surface area (Å²) >= 11 is 0. The van der Waals surface area contributed by atoms with Gasteiger partial charge in [-0.15, -0.1) is 0 Å². The number of aromatic amines is 1. The predicted octanol–water partition coefficient (Wildman–Crippen LogP) is 6.33. The number of aliphatic hydroxyl groups excluding tert-OH is 4. The number of H-pyrrole nitrogens is 1. The number of dihydropyridines is 1. The number of ether oxygens (including phenoxy) is 1. The fourth-order valence-electron chi connectivity index (χ4n) is 9.90. The van der Waals surface area contributed by atoms with Crippen molar-refractivity contribution in [2.24, 2.45) is 41.2 Å². The van der Waals surface area contributed by atoms with Crippen LogP contribution < -0.4 is 15.8 Å². The third-order valence-corrected chi connectivity index (χ3v) is 15.5. The number of rotatable bonds is 7. The van der Waals surface area contributed by atoms with Crippen molar-refractivity contribution in [2.45, 2.75) is 108 Å². The fourth-order valence-corrected chi connectivity index (χ4v) is 12.4. The second-order valence-electron chi connectivity index (χ2n) is 16.6. The topological polar surface area (TPSA) is 164 Å². The van der Waals surface area contributed by atoms with Gasteiger partial charge in [-0.2, -0.15) is 0 Å². The van der Waals surface area contributed by atoms with Crippen molar-refractivity contribution in [1.82, 2.24) is 10.3 Å². The summed E-state index contributed by atoms with van der Waals surface area (Å²) in [6.45, 7) is 4.78. The Balaban J connectivity index is 1.27. The molecule has 56 heavy (non-hydrogen) atoms. The summed E-state index contributed by atoms with van der Waals surface area (Å²) in [7, 11) is 3.28. The van der Waals surface area contributed by atoms with Crippen LogP contribution in [0.3, 0.4) is 0 Å². The number of aromatic nitrogens is 1. The summed E-state index contributed by atoms with van der Waals surface area (Å²) in [5.41, 5.74) is 13.1. The van der Waals surface area contributed by atoms with Gasteiger partial charge in [0.15, 0.2) is 11.5 Å². The van der Waals surface area contributed by atoms with Crippen LogP contribution in [0.5, 0.6) is 11.5 Å². The molecule has 1 aromatic carbocycles. The normalized spacial score (nSPS) is 33.9. The molecule has 1 aromatic heterocycles. The maximum Gasteiger partial charge on any atom is 0.161 e. The number of allylic oxidation sites excluding steroid dienone is 3. The lowest BCUT2D eigenvalue weighted by Gasteiger charge is -2.36. The number of aromatic hydroxyl groups is 1. The minimum absolute atomic E-state index is 0.0140. The van der Waals surface area contributed by atoms with E-state index < -0.39 is 30.3 Å². The highest BCUT2D eigenvalue weighted by Crippen LogP contribution is 2.51. The molecule has 5 aliphatic rings. The molecular formula is C45H61N3O6S2. The number of aliphatic hydroxyl groups is 4. The number of hydrogen-bond donors (Lipinski definition) is 8. The van der Waals surface area contributed by atoms with Crippen molar-refractivity contribution in [2.75, 3.05) is 24.7 Å². The van der Waals surface area contributed by atoms with Gasteiger partial charge < -0.3 is 46.3 Å². The molecule has 11 heteroatoms. The quantitative estimate of drug-likeness (QED) is 0.0902. The van der Waals surface area contributed by atoms with Gasteiger partial charge in [0, 0.05) is 71.7 Å². The number of fused-ring (bicyclic) bond motifs is 5. The molecular weight excluding hydrogens is 743 g/mol. The average molecular weight is 804 g/mol. The van der Waals surface area contributed by atoms with Gasteiger partial charge in [0.2, 0.25) is 0 Å². The third-order valence-electron chi connectivity index (χ3n) is 13.1. The number of hydrogen-bond acceptors (Lipinski definition) is 10. The van der Waals surface area contributed by atoms with Crippen LogP contribution in [0.15, 0.2) is 65.2 Å². The molecule has 1 fully saturated rings. The van der Waals surface area contributed by atoms with E-state index in [1.807, 2.05) is 24.4 Å². The van der Waals surface area contributed by atoms with E-state index >= 15 is 0 Å². The summed E-state index contributed by atoms with van der Waals surface area (Å²) in [6.07, 6.45) is 11.0. The fraction of sp³-hybridized carbons (Fsp3) is 0.600. The Hall–Kier alpha value is -2.98. The Morgan fingerprint density at radius 1 is 1.00 bits per heavy atom. The maximum atomic E-state index is 12.1. The van der Waals surface area contributed by atoms with Gasteiger partial charge in [-0.25, -0.2) is 0 Å². The molecule has 0 amide bonds. The summed E-state index contributed by atoms with van der Waals surface area (Å²) in [5.74, 6) is 8.52. The molecule has 0 spiro atoms. The van der Waals surface area contributed by atoms with E-state index in [1.54, 1.807) is 21.6 Å². The van der Waals surface area contributed by atoms with E-state index in [9.17, 15) is 25.5 Å². The third kappa shape index (κ3) is 9.01. The van der Waals surface area contributed by atoms with Gasteiger partial charge in [-0.1, -0.05) is 77.8 Å². The van der Waals surface area contributed by atoms with E-state index in [2.05, 4.69) is 54.2 Å². The van der Waals surface area contributed by atoms with Gasteiger partial charge in [-0.3, -0.25) is 0 Å². The SMILES string of the molecule is CCC1C#CC2C=C3C(CC)Cc4cc(O)c(OC5CC(Cc6ccc[nH]6)C6=CCNC(N)=C6CSSCC(CO)C5O)cc4C3CC(O)C2C(O)CCCC1. The first-order valence-corrected chi connectivity index (χ1v) is 23.4. The Morgan fingerprint density at radius 2 is 1.84 bits per heavy atom. The molecule has 304 valence electrons. The van der Waals surface area contributed by atoms with Crippen molar-refractivity contribution in [3.63, 3.8) is 0 Å². The lowest BCUT2D eigenvalue weighted by atomic mass is 9.70. The van der Waals surface area contributed by atoms with E-state index in [-0.39, 0.29) is 47.7 Å². The minimum atomic E-state index is -1.02. The van der Waals surface area contributed by atoms with Crippen LogP contribution in [-0.2, 0) is 12.8 Å². The Labute approximate surface area is 340 Å². The zero-order chi connectivity index (χ0) is 39.3. The molecule has 3 heterocycles. The summed E-state index contributed by atoms with van der Waals surface area (Å²) < 4.78 is 6.84. The highest BCUT2D eigenvalue weighted by Gasteiger charge is 2.43. The van der Waals surface area contributed by atoms with Crippen LogP contribution in [0.2, 0.25) is 0 Å². The molecule has 9 nitrogen and oxygen atoms in total. The first-order valence-electron chi connectivity index (χ1n) is 20.9. The lowest BCUT2D eigenvalue weighted by Crippen LogP contribution is -2.42. The first-order chi connectivity index (χ1) is 27.2. The van der Waals surface area contributed by atoms with Crippen molar-refractivity contribution in [1.29, 1.82) is 0 Å². The monoisotopic (exact) mass is 803 g/mol. The van der Waals surface area contributed by atoms with Gasteiger partial charge in [-0.05, 0) is 104 Å². The highest BCUT2D eigenvalue weighted by atomic mass is 33.1. The molecule has 2 aromatic rings. The van der Waals surface area contributed by atoms with Crippen LogP contribution in [0.1, 0.15) is 88.0 Å². The summed E-state index contributed by atoms with van der Waals surface area (Å²) in [6, 6.07) is 7.80. The molecule has 9 N–H and O–H groups in total. The maximum absolute atomic E-state index is 12.1. The zero-order valence-corrected chi connectivity index (χ0v) is 34.5. The number of nitrogens with two attached hydrogens (primary N) is 1. The number of phenols is 1. The lowest BCUT2D eigenvalue weighted by molar-refractivity contribution is -0.0214. The van der Waals surface area contributed by atoms with Crippen LogP contribution in [-0.4, -0.2) is 79.6 Å². The second kappa shape index (κ2) is 18.7. The minimum Gasteiger partial charge on any atom is -0.504 e. The van der Waals surface area contributed by atoms with Crippen LogP contribution in [0.25, 0.3) is 0 Å². The van der Waals surface area contributed by atoms with Crippen molar-refractivity contribution in [3.05, 3.63) is 82.0 Å². The van der Waals surface area contributed by atoms with Crippen molar-refractivity contribution in [3.8, 4) is 23.3 Å². The van der Waals surface area contributed by atoms with Crippen LogP contribution >= 0.6 is 21.6 Å². The molecule has 0 bridgehead atoms. The Kier molecular flexibility index (Phi) is 13.8. The van der Waals surface area contributed by atoms with Crippen LogP contribution in [0.4, 0.5) is 0 Å². The van der Waals surface area contributed by atoms with E-state index in [1.165, 1.54) is 5.57 Å². The molecule has 0 radical (unpaired) electrons. The smallest absolute Gasteiger partial charge is 0.161 e. The summed E-state index contributed by atoms with van der Waals surface area (Å²) in [4.78, 5) is 3.36. The number of nitrogens with one attached hydrogen (secondary N) is 2. The molecule has 2 aliphatic heterocycles. The second-order valence-corrected chi connectivity index (χ2v) is 19.1. The molecule has 0 saturated carbocycles. The number of benzene rings is 1. The molecule has 3 aliphatic carbocycles. The first kappa shape index (κ1) is 41.2.